The van der Waals surface area contributed by atoms with Crippen LogP contribution in [0.3, 0.4) is 0 Å². The highest BCUT2D eigenvalue weighted by atomic mass is 32.1. The summed E-state index contributed by atoms with van der Waals surface area (Å²) in [5, 5.41) is 14.1. The lowest BCUT2D eigenvalue weighted by molar-refractivity contribution is -0.126. The fourth-order valence-electron chi connectivity index (χ4n) is 1.81. The van der Waals surface area contributed by atoms with Gasteiger partial charge in [0.15, 0.2) is 0 Å². The van der Waals surface area contributed by atoms with Crippen molar-refractivity contribution in [2.45, 2.75) is 45.6 Å². The predicted octanol–water partition coefficient (Wildman–Crippen LogP) is 2.55. The van der Waals surface area contributed by atoms with Gasteiger partial charge in [0.25, 0.3) is 0 Å². The van der Waals surface area contributed by atoms with Gasteiger partial charge in [-0.2, -0.15) is 0 Å². The summed E-state index contributed by atoms with van der Waals surface area (Å²) in [6, 6.07) is 3.98. The SMILES string of the molecule is CC(C)C(CCO)NC(=O)C(C)(C)c1cccs1. The Morgan fingerprint density at radius 2 is 2.17 bits per heavy atom. The second-order valence-electron chi connectivity index (χ2n) is 5.44. The maximum absolute atomic E-state index is 12.4. The first kappa shape index (κ1) is 15.2. The average Bonchev–Trinajstić information content (AvgIpc) is 2.81. The summed E-state index contributed by atoms with van der Waals surface area (Å²) >= 11 is 1.60. The van der Waals surface area contributed by atoms with Gasteiger partial charge in [0.1, 0.15) is 0 Å². The summed E-state index contributed by atoms with van der Waals surface area (Å²) in [5.41, 5.74) is -0.517. The summed E-state index contributed by atoms with van der Waals surface area (Å²) in [6.07, 6.45) is 0.601. The minimum Gasteiger partial charge on any atom is -0.396 e. The van der Waals surface area contributed by atoms with Gasteiger partial charge in [-0.05, 0) is 37.6 Å². The third-order valence-electron chi connectivity index (χ3n) is 3.27. The molecule has 0 fully saturated rings. The molecule has 0 radical (unpaired) electrons. The minimum atomic E-state index is -0.517. The van der Waals surface area contributed by atoms with E-state index in [9.17, 15) is 4.79 Å². The largest absolute Gasteiger partial charge is 0.396 e. The fourth-order valence-corrected chi connectivity index (χ4v) is 2.65. The van der Waals surface area contributed by atoms with Crippen LogP contribution in [0.25, 0.3) is 0 Å². The molecule has 1 aromatic heterocycles. The molecule has 2 N–H and O–H groups in total. The second-order valence-corrected chi connectivity index (χ2v) is 6.39. The molecular weight excluding hydrogens is 246 g/mol. The molecule has 1 aromatic rings. The Morgan fingerprint density at radius 1 is 1.50 bits per heavy atom. The lowest BCUT2D eigenvalue weighted by atomic mass is 9.89. The first-order valence-electron chi connectivity index (χ1n) is 6.35. The molecule has 0 saturated heterocycles. The molecule has 18 heavy (non-hydrogen) atoms. The highest BCUT2D eigenvalue weighted by molar-refractivity contribution is 7.10. The van der Waals surface area contributed by atoms with Crippen molar-refractivity contribution in [3.8, 4) is 0 Å². The third-order valence-corrected chi connectivity index (χ3v) is 4.46. The van der Waals surface area contributed by atoms with Gasteiger partial charge in [-0.3, -0.25) is 4.79 Å². The molecule has 0 aromatic carbocycles. The predicted molar refractivity (Wildman–Crippen MR) is 75.8 cm³/mol. The van der Waals surface area contributed by atoms with E-state index in [2.05, 4.69) is 19.2 Å². The first-order chi connectivity index (χ1) is 8.39. The zero-order chi connectivity index (χ0) is 13.8. The van der Waals surface area contributed by atoms with Gasteiger partial charge in [-0.15, -0.1) is 11.3 Å². The van der Waals surface area contributed by atoms with Crippen LogP contribution in [-0.2, 0) is 10.2 Å². The van der Waals surface area contributed by atoms with E-state index >= 15 is 0 Å². The summed E-state index contributed by atoms with van der Waals surface area (Å²) in [4.78, 5) is 13.4. The summed E-state index contributed by atoms with van der Waals surface area (Å²) < 4.78 is 0. The molecule has 1 heterocycles. The highest BCUT2D eigenvalue weighted by Gasteiger charge is 2.32. The van der Waals surface area contributed by atoms with Crippen LogP contribution in [0.5, 0.6) is 0 Å². The van der Waals surface area contributed by atoms with Crippen LogP contribution < -0.4 is 5.32 Å². The summed E-state index contributed by atoms with van der Waals surface area (Å²) in [6.45, 7) is 8.08. The topological polar surface area (TPSA) is 49.3 Å². The number of rotatable bonds is 6. The monoisotopic (exact) mass is 269 g/mol. The maximum Gasteiger partial charge on any atom is 0.231 e. The van der Waals surface area contributed by atoms with Gasteiger partial charge >= 0.3 is 0 Å². The van der Waals surface area contributed by atoms with Crippen molar-refractivity contribution < 1.29 is 9.90 Å². The summed E-state index contributed by atoms with van der Waals surface area (Å²) in [5.74, 6) is 0.345. The van der Waals surface area contributed by atoms with E-state index in [-0.39, 0.29) is 18.6 Å². The number of carbonyl (C=O) groups excluding carboxylic acids is 1. The molecule has 4 heteroatoms. The lowest BCUT2D eigenvalue weighted by Crippen LogP contribution is -2.47. The number of aliphatic hydroxyl groups excluding tert-OH is 1. The van der Waals surface area contributed by atoms with E-state index in [1.165, 1.54) is 0 Å². The van der Waals surface area contributed by atoms with Crippen molar-refractivity contribution in [2.24, 2.45) is 5.92 Å². The highest BCUT2D eigenvalue weighted by Crippen LogP contribution is 2.28. The van der Waals surface area contributed by atoms with Crippen molar-refractivity contribution >= 4 is 17.2 Å². The molecular formula is C14H23NO2S. The molecule has 1 rings (SSSR count). The number of nitrogens with one attached hydrogen (secondary N) is 1. The number of hydrogen-bond acceptors (Lipinski definition) is 3. The third kappa shape index (κ3) is 3.56. The molecule has 0 aliphatic carbocycles. The number of hydrogen-bond donors (Lipinski definition) is 2. The Kier molecular flexibility index (Phi) is 5.35. The van der Waals surface area contributed by atoms with Crippen LogP contribution in [0.15, 0.2) is 17.5 Å². The van der Waals surface area contributed by atoms with Crippen LogP contribution in [0.2, 0.25) is 0 Å². The Balaban J connectivity index is 2.75. The molecule has 1 amide bonds. The van der Waals surface area contributed by atoms with Gasteiger partial charge in [-0.1, -0.05) is 19.9 Å². The van der Waals surface area contributed by atoms with Crippen LogP contribution in [-0.4, -0.2) is 23.7 Å². The normalized spacial score (nSPS) is 13.7. The first-order valence-corrected chi connectivity index (χ1v) is 7.23. The van der Waals surface area contributed by atoms with Crippen LogP contribution in [0.1, 0.15) is 39.0 Å². The average molecular weight is 269 g/mol. The van der Waals surface area contributed by atoms with E-state index < -0.39 is 5.41 Å². The Labute approximate surface area is 113 Å². The molecule has 1 unspecified atom stereocenters. The van der Waals surface area contributed by atoms with Gasteiger partial charge in [0.05, 0.1) is 5.41 Å². The smallest absolute Gasteiger partial charge is 0.231 e. The zero-order valence-electron chi connectivity index (χ0n) is 11.6. The van der Waals surface area contributed by atoms with E-state index in [1.54, 1.807) is 11.3 Å². The zero-order valence-corrected chi connectivity index (χ0v) is 12.4. The van der Waals surface area contributed by atoms with Crippen molar-refractivity contribution in [1.29, 1.82) is 0 Å². The van der Waals surface area contributed by atoms with E-state index in [4.69, 9.17) is 5.11 Å². The second kappa shape index (κ2) is 6.34. The fraction of sp³-hybridized carbons (Fsp3) is 0.643. The molecule has 0 aliphatic rings. The van der Waals surface area contributed by atoms with Crippen molar-refractivity contribution in [1.82, 2.24) is 5.32 Å². The molecule has 0 aliphatic heterocycles. The lowest BCUT2D eigenvalue weighted by Gasteiger charge is -2.28. The standard InChI is InChI=1S/C14H23NO2S/c1-10(2)11(7-8-16)15-13(17)14(3,4)12-6-5-9-18-12/h5-6,9-11,16H,7-8H2,1-4H3,(H,15,17). The van der Waals surface area contributed by atoms with Crippen molar-refractivity contribution in [3.05, 3.63) is 22.4 Å². The van der Waals surface area contributed by atoms with E-state index in [0.29, 0.717) is 12.3 Å². The molecule has 0 saturated carbocycles. The van der Waals surface area contributed by atoms with Gasteiger partial charge in [0.2, 0.25) is 5.91 Å². The number of aliphatic hydroxyl groups is 1. The van der Waals surface area contributed by atoms with Gasteiger partial charge < -0.3 is 10.4 Å². The van der Waals surface area contributed by atoms with E-state index in [0.717, 1.165) is 4.88 Å². The van der Waals surface area contributed by atoms with E-state index in [1.807, 2.05) is 31.4 Å². The molecule has 3 nitrogen and oxygen atoms in total. The molecule has 1 atom stereocenters. The Bertz CT molecular complexity index is 371. The Morgan fingerprint density at radius 3 is 2.61 bits per heavy atom. The van der Waals surface area contributed by atoms with Crippen LogP contribution in [0, 0.1) is 5.92 Å². The maximum atomic E-state index is 12.4. The van der Waals surface area contributed by atoms with Crippen LogP contribution >= 0.6 is 11.3 Å². The molecule has 0 bridgehead atoms. The number of amides is 1. The minimum absolute atomic E-state index is 0.0251. The summed E-state index contributed by atoms with van der Waals surface area (Å²) in [7, 11) is 0. The number of carbonyl (C=O) groups is 1. The van der Waals surface area contributed by atoms with Gasteiger partial charge in [-0.25, -0.2) is 0 Å². The van der Waals surface area contributed by atoms with Gasteiger partial charge in [0, 0.05) is 17.5 Å². The van der Waals surface area contributed by atoms with Crippen molar-refractivity contribution in [2.75, 3.05) is 6.61 Å². The van der Waals surface area contributed by atoms with Crippen LogP contribution in [0.4, 0.5) is 0 Å². The number of thiophene rings is 1. The quantitative estimate of drug-likeness (QED) is 0.834. The molecule has 0 spiro atoms. The Hall–Kier alpha value is -0.870. The van der Waals surface area contributed by atoms with Crippen molar-refractivity contribution in [3.63, 3.8) is 0 Å². The molecule has 102 valence electrons.